The number of allylic oxidation sites excluding steroid dienone is 3. The number of methoxy groups -OCH3 is 2. The Bertz CT molecular complexity index is 1290. The van der Waals surface area contributed by atoms with Crippen LogP contribution in [-0.4, -0.2) is 38.7 Å². The molecule has 2 aliphatic rings. The zero-order valence-corrected chi connectivity index (χ0v) is 23.8. The van der Waals surface area contributed by atoms with Crippen LogP contribution in [0.5, 0.6) is 17.2 Å². The van der Waals surface area contributed by atoms with Crippen LogP contribution in [0.2, 0.25) is 0 Å². The molecule has 0 radical (unpaired) electrons. The van der Waals surface area contributed by atoms with Crippen molar-refractivity contribution in [3.05, 3.63) is 76.1 Å². The van der Waals surface area contributed by atoms with Crippen molar-refractivity contribution >= 4 is 11.8 Å². The van der Waals surface area contributed by atoms with E-state index in [1.165, 1.54) is 0 Å². The molecule has 4 rings (SSSR count). The second kappa shape index (κ2) is 12.4. The maximum atomic E-state index is 14.0. The lowest BCUT2D eigenvalue weighted by Crippen LogP contribution is -2.36. The molecule has 0 spiro atoms. The molecule has 0 saturated carbocycles. The predicted octanol–water partition coefficient (Wildman–Crippen LogP) is 6.20. The monoisotopic (exact) mass is 533 g/mol. The van der Waals surface area contributed by atoms with E-state index in [9.17, 15) is 9.59 Å². The lowest BCUT2D eigenvalue weighted by molar-refractivity contribution is -0.143. The number of benzene rings is 2. The zero-order chi connectivity index (χ0) is 28.1. The fourth-order valence-corrected chi connectivity index (χ4v) is 5.42. The normalized spacial score (nSPS) is 19.0. The van der Waals surface area contributed by atoms with Gasteiger partial charge >= 0.3 is 5.97 Å². The van der Waals surface area contributed by atoms with Crippen molar-refractivity contribution in [1.82, 2.24) is 5.32 Å². The Hall–Kier alpha value is -3.74. The van der Waals surface area contributed by atoms with Gasteiger partial charge in [0.15, 0.2) is 17.3 Å². The number of dihydropyridines is 1. The van der Waals surface area contributed by atoms with Gasteiger partial charge in [-0.3, -0.25) is 4.79 Å². The second-order valence-corrected chi connectivity index (χ2v) is 10.3. The first-order valence-electron chi connectivity index (χ1n) is 13.7. The van der Waals surface area contributed by atoms with Crippen LogP contribution in [0, 0.1) is 0 Å². The van der Waals surface area contributed by atoms with Crippen LogP contribution in [0.3, 0.4) is 0 Å². The molecule has 39 heavy (non-hydrogen) atoms. The van der Waals surface area contributed by atoms with Gasteiger partial charge in [0.25, 0.3) is 0 Å². The molecule has 2 aromatic rings. The van der Waals surface area contributed by atoms with E-state index in [1.807, 2.05) is 63.2 Å². The fraction of sp³-hybridized carbons (Fsp3) is 0.438. The van der Waals surface area contributed by atoms with Crippen LogP contribution in [0.1, 0.15) is 76.3 Å². The van der Waals surface area contributed by atoms with Gasteiger partial charge in [0.2, 0.25) is 0 Å². The van der Waals surface area contributed by atoms with E-state index in [-0.39, 0.29) is 17.8 Å². The van der Waals surface area contributed by atoms with Gasteiger partial charge in [-0.1, -0.05) is 37.6 Å². The molecule has 7 heteroatoms. The number of ether oxygens (including phenoxy) is 4. The van der Waals surface area contributed by atoms with E-state index in [0.29, 0.717) is 53.5 Å². The van der Waals surface area contributed by atoms with Crippen LogP contribution >= 0.6 is 0 Å². The number of para-hydroxylation sites is 1. The summed E-state index contributed by atoms with van der Waals surface area (Å²) in [7, 11) is 3.21. The van der Waals surface area contributed by atoms with Gasteiger partial charge in [-0.05, 0) is 63.3 Å². The Morgan fingerprint density at radius 2 is 1.77 bits per heavy atom. The Labute approximate surface area is 231 Å². The Morgan fingerprint density at radius 3 is 2.46 bits per heavy atom. The Morgan fingerprint density at radius 1 is 1.03 bits per heavy atom. The minimum absolute atomic E-state index is 0.000701. The number of Topliss-reactive ketones (excluding diaryl/α,β-unsaturated/α-hetero) is 1. The Balaban J connectivity index is 1.79. The summed E-state index contributed by atoms with van der Waals surface area (Å²) in [6, 6.07) is 13.5. The third-order valence-electron chi connectivity index (χ3n) is 7.25. The van der Waals surface area contributed by atoms with E-state index >= 15 is 0 Å². The first kappa shape index (κ1) is 28.3. The predicted molar refractivity (Wildman–Crippen MR) is 150 cm³/mol. The molecule has 2 unspecified atom stereocenters. The van der Waals surface area contributed by atoms with Crippen molar-refractivity contribution in [3.8, 4) is 17.2 Å². The molecule has 0 saturated heterocycles. The van der Waals surface area contributed by atoms with Crippen LogP contribution in [0.25, 0.3) is 0 Å². The first-order chi connectivity index (χ1) is 18.8. The van der Waals surface area contributed by atoms with Crippen LogP contribution < -0.4 is 19.5 Å². The third kappa shape index (κ3) is 5.97. The largest absolute Gasteiger partial charge is 0.493 e. The highest BCUT2D eigenvalue weighted by molar-refractivity contribution is 6.04. The molecule has 208 valence electrons. The van der Waals surface area contributed by atoms with Crippen molar-refractivity contribution in [2.75, 3.05) is 20.8 Å². The summed E-state index contributed by atoms with van der Waals surface area (Å²) in [4.78, 5) is 27.4. The van der Waals surface area contributed by atoms with Gasteiger partial charge in [-0.25, -0.2) is 4.79 Å². The van der Waals surface area contributed by atoms with E-state index in [1.54, 1.807) is 14.2 Å². The van der Waals surface area contributed by atoms with E-state index in [2.05, 4.69) is 12.2 Å². The molecule has 1 aliphatic heterocycles. The highest BCUT2D eigenvalue weighted by atomic mass is 16.5. The van der Waals surface area contributed by atoms with Gasteiger partial charge in [0.1, 0.15) is 5.75 Å². The maximum Gasteiger partial charge on any atom is 0.337 e. The highest BCUT2D eigenvalue weighted by Gasteiger charge is 2.42. The average molecular weight is 534 g/mol. The topological polar surface area (TPSA) is 83.1 Å². The first-order valence-corrected chi connectivity index (χ1v) is 13.7. The molecule has 2 atom stereocenters. The van der Waals surface area contributed by atoms with Crippen molar-refractivity contribution in [3.63, 3.8) is 0 Å². The lowest BCUT2D eigenvalue weighted by Gasteiger charge is -2.37. The number of carbonyl (C=O) groups excluding carboxylic acids is 2. The van der Waals surface area contributed by atoms with Crippen LogP contribution in [-0.2, 0) is 14.3 Å². The summed E-state index contributed by atoms with van der Waals surface area (Å²) in [5.74, 6) is 0.906. The SMILES string of the molecule is CCCCOc1ccccc1C1C(C(=O)OC(C)C)=C(C)NC2=C1C(=O)CC(c1ccc(OC)c(OC)c1)C2. The fourth-order valence-electron chi connectivity index (χ4n) is 5.42. The van der Waals surface area contributed by atoms with Crippen molar-refractivity contribution in [1.29, 1.82) is 0 Å². The summed E-state index contributed by atoms with van der Waals surface area (Å²) in [5, 5.41) is 3.42. The summed E-state index contributed by atoms with van der Waals surface area (Å²) >= 11 is 0. The number of rotatable bonds is 10. The average Bonchev–Trinajstić information content (AvgIpc) is 2.91. The number of esters is 1. The molecule has 7 nitrogen and oxygen atoms in total. The van der Waals surface area contributed by atoms with Crippen LogP contribution in [0.15, 0.2) is 65.0 Å². The highest BCUT2D eigenvalue weighted by Crippen LogP contribution is 2.48. The number of ketones is 1. The maximum absolute atomic E-state index is 14.0. The lowest BCUT2D eigenvalue weighted by atomic mass is 9.71. The summed E-state index contributed by atoms with van der Waals surface area (Å²) in [6.45, 7) is 8.20. The number of nitrogens with one attached hydrogen (secondary N) is 1. The third-order valence-corrected chi connectivity index (χ3v) is 7.25. The molecule has 1 aliphatic carbocycles. The minimum Gasteiger partial charge on any atom is -0.493 e. The molecular weight excluding hydrogens is 494 g/mol. The van der Waals surface area contributed by atoms with Crippen molar-refractivity contribution in [2.24, 2.45) is 0 Å². The zero-order valence-electron chi connectivity index (χ0n) is 23.8. The van der Waals surface area contributed by atoms with Crippen molar-refractivity contribution < 1.29 is 28.5 Å². The molecule has 1 N–H and O–H groups in total. The molecule has 0 bridgehead atoms. The quantitative estimate of drug-likeness (QED) is 0.288. The number of hydrogen-bond donors (Lipinski definition) is 1. The van der Waals surface area contributed by atoms with Gasteiger partial charge in [-0.2, -0.15) is 0 Å². The van der Waals surface area contributed by atoms with Crippen LogP contribution in [0.4, 0.5) is 0 Å². The smallest absolute Gasteiger partial charge is 0.337 e. The molecule has 0 fully saturated rings. The van der Waals surface area contributed by atoms with E-state index in [4.69, 9.17) is 18.9 Å². The summed E-state index contributed by atoms with van der Waals surface area (Å²) < 4.78 is 22.7. The molecule has 1 heterocycles. The molecule has 0 amide bonds. The van der Waals surface area contributed by atoms with Gasteiger partial charge < -0.3 is 24.3 Å². The summed E-state index contributed by atoms with van der Waals surface area (Å²) in [6.07, 6.45) is 2.57. The number of hydrogen-bond acceptors (Lipinski definition) is 7. The molecule has 0 aromatic heterocycles. The van der Waals surface area contributed by atoms with Crippen molar-refractivity contribution in [2.45, 2.75) is 71.3 Å². The van der Waals surface area contributed by atoms with Gasteiger partial charge in [-0.15, -0.1) is 0 Å². The minimum atomic E-state index is -0.579. The Kier molecular flexibility index (Phi) is 9.00. The van der Waals surface area contributed by atoms with Gasteiger partial charge in [0.05, 0.1) is 38.4 Å². The summed E-state index contributed by atoms with van der Waals surface area (Å²) in [5.41, 5.74) is 4.38. The second-order valence-electron chi connectivity index (χ2n) is 10.3. The standard InChI is InChI=1S/C32H39NO6/c1-7-8-15-38-26-12-10-9-11-23(26)30-29(32(35)39-19(2)3)20(4)33-24-16-22(17-25(34)31(24)30)21-13-14-27(36-5)28(18-21)37-6/h9-14,18-19,22,30,33H,7-8,15-17H2,1-6H3. The number of carbonyl (C=O) groups is 2. The van der Waals surface area contributed by atoms with E-state index < -0.39 is 11.9 Å². The number of unbranched alkanes of at least 4 members (excludes halogenated alkanes) is 1. The molecule has 2 aromatic carbocycles. The molecular formula is C32H39NO6. The van der Waals surface area contributed by atoms with Gasteiger partial charge in [0, 0.05) is 29.0 Å². The van der Waals surface area contributed by atoms with E-state index in [0.717, 1.165) is 29.7 Å².